The fraction of sp³-hybridized carbons (Fsp3) is 0.538. The first kappa shape index (κ1) is 13.7. The van der Waals surface area contributed by atoms with Gasteiger partial charge < -0.3 is 10.1 Å². The predicted molar refractivity (Wildman–Crippen MR) is 74.7 cm³/mol. The van der Waals surface area contributed by atoms with Crippen molar-refractivity contribution in [2.45, 2.75) is 19.4 Å². The summed E-state index contributed by atoms with van der Waals surface area (Å²) in [5.74, 6) is 0.302. The van der Waals surface area contributed by atoms with E-state index in [2.05, 4.69) is 20.7 Å². The molecule has 0 aliphatic carbocycles. The zero-order valence-corrected chi connectivity index (χ0v) is 11.9. The lowest BCUT2D eigenvalue weighted by atomic mass is 10.0. The van der Waals surface area contributed by atoms with Gasteiger partial charge in [-0.15, -0.1) is 5.10 Å². The van der Waals surface area contributed by atoms with Crippen LogP contribution in [0, 0.1) is 5.92 Å². The third-order valence-corrected chi connectivity index (χ3v) is 3.51. The van der Waals surface area contributed by atoms with Gasteiger partial charge in [-0.1, -0.05) is 5.21 Å². The molecular weight excluding hydrogens is 272 g/mol. The molecule has 2 aromatic heterocycles. The lowest BCUT2D eigenvalue weighted by Crippen LogP contribution is -2.20. The second-order valence-corrected chi connectivity index (χ2v) is 5.24. The molecule has 1 fully saturated rings. The molecule has 0 saturated carbocycles. The first-order chi connectivity index (χ1) is 10.2. The van der Waals surface area contributed by atoms with Gasteiger partial charge in [-0.3, -0.25) is 14.2 Å². The van der Waals surface area contributed by atoms with E-state index in [0.29, 0.717) is 11.6 Å². The molecule has 1 aliphatic heterocycles. The average molecular weight is 290 g/mol. The van der Waals surface area contributed by atoms with Crippen molar-refractivity contribution in [2.75, 3.05) is 18.5 Å². The number of hydrogen-bond acceptors (Lipinski definition) is 5. The van der Waals surface area contributed by atoms with Gasteiger partial charge in [0.25, 0.3) is 5.91 Å². The van der Waals surface area contributed by atoms with Crippen LogP contribution < -0.4 is 5.32 Å². The summed E-state index contributed by atoms with van der Waals surface area (Å²) in [6, 6.07) is 0. The van der Waals surface area contributed by atoms with Crippen LogP contribution in [0.4, 0.5) is 5.69 Å². The molecule has 2 aromatic rings. The van der Waals surface area contributed by atoms with E-state index in [4.69, 9.17) is 4.74 Å². The number of hydrogen-bond donors (Lipinski definition) is 1. The Morgan fingerprint density at radius 1 is 1.43 bits per heavy atom. The van der Waals surface area contributed by atoms with Gasteiger partial charge in [-0.05, 0) is 18.8 Å². The number of nitrogens with zero attached hydrogens (tertiary/aromatic N) is 5. The van der Waals surface area contributed by atoms with Crippen LogP contribution in [-0.4, -0.2) is 43.9 Å². The molecule has 1 amide bonds. The Bertz CT molecular complexity index is 614. The molecule has 3 heterocycles. The molecule has 0 atom stereocenters. The molecule has 1 aliphatic rings. The number of amides is 1. The molecule has 0 bridgehead atoms. The first-order valence-corrected chi connectivity index (χ1v) is 6.98. The number of rotatable bonds is 4. The average Bonchev–Trinajstić information content (AvgIpc) is 3.09. The molecule has 0 radical (unpaired) electrons. The van der Waals surface area contributed by atoms with Gasteiger partial charge in [0.1, 0.15) is 0 Å². The van der Waals surface area contributed by atoms with Crippen LogP contribution in [0.2, 0.25) is 0 Å². The predicted octanol–water partition coefficient (Wildman–Crippen LogP) is 0.690. The summed E-state index contributed by atoms with van der Waals surface area (Å²) in [7, 11) is 1.72. The SMILES string of the molecule is Cn1cc(C(=O)Nc2cnn(CC3CCOCC3)c2)nn1. The van der Waals surface area contributed by atoms with E-state index in [9.17, 15) is 4.79 Å². The van der Waals surface area contributed by atoms with E-state index in [-0.39, 0.29) is 11.6 Å². The molecule has 1 saturated heterocycles. The summed E-state index contributed by atoms with van der Waals surface area (Å²) >= 11 is 0. The lowest BCUT2D eigenvalue weighted by molar-refractivity contribution is 0.0601. The van der Waals surface area contributed by atoms with Crippen molar-refractivity contribution in [1.82, 2.24) is 24.8 Å². The van der Waals surface area contributed by atoms with Crippen LogP contribution in [-0.2, 0) is 18.3 Å². The van der Waals surface area contributed by atoms with E-state index in [1.165, 1.54) is 4.68 Å². The smallest absolute Gasteiger partial charge is 0.277 e. The number of carbonyl (C=O) groups is 1. The van der Waals surface area contributed by atoms with Gasteiger partial charge in [-0.2, -0.15) is 5.10 Å². The van der Waals surface area contributed by atoms with Crippen molar-refractivity contribution < 1.29 is 9.53 Å². The molecule has 3 rings (SSSR count). The number of aryl methyl sites for hydroxylation is 1. The van der Waals surface area contributed by atoms with E-state index in [1.54, 1.807) is 19.4 Å². The number of aromatic nitrogens is 5. The largest absolute Gasteiger partial charge is 0.381 e. The van der Waals surface area contributed by atoms with Gasteiger partial charge >= 0.3 is 0 Å². The zero-order valence-electron chi connectivity index (χ0n) is 11.9. The Morgan fingerprint density at radius 3 is 2.95 bits per heavy atom. The Hall–Kier alpha value is -2.22. The fourth-order valence-corrected chi connectivity index (χ4v) is 2.37. The highest BCUT2D eigenvalue weighted by atomic mass is 16.5. The highest BCUT2D eigenvalue weighted by Crippen LogP contribution is 2.17. The van der Waals surface area contributed by atoms with E-state index >= 15 is 0 Å². The van der Waals surface area contributed by atoms with Gasteiger partial charge in [0.05, 0.1) is 18.1 Å². The number of ether oxygens (including phenoxy) is 1. The summed E-state index contributed by atoms with van der Waals surface area (Å²) in [5.41, 5.74) is 0.951. The van der Waals surface area contributed by atoms with Crippen molar-refractivity contribution in [3.63, 3.8) is 0 Å². The summed E-state index contributed by atoms with van der Waals surface area (Å²) in [6.07, 6.45) is 7.17. The topological polar surface area (TPSA) is 86.9 Å². The van der Waals surface area contributed by atoms with Crippen LogP contribution in [0.5, 0.6) is 0 Å². The third kappa shape index (κ3) is 3.46. The van der Waals surface area contributed by atoms with E-state index < -0.39 is 0 Å². The standard InChI is InChI=1S/C13H18N6O2/c1-18-9-12(16-17-18)13(20)15-11-6-14-19(8-11)7-10-2-4-21-5-3-10/h6,8-10H,2-5,7H2,1H3,(H,15,20). The third-order valence-electron chi connectivity index (χ3n) is 3.51. The monoisotopic (exact) mass is 290 g/mol. The van der Waals surface area contributed by atoms with E-state index in [1.807, 2.05) is 10.9 Å². The van der Waals surface area contributed by atoms with Crippen LogP contribution in [0.3, 0.4) is 0 Å². The summed E-state index contributed by atoms with van der Waals surface area (Å²) in [6.45, 7) is 2.49. The molecule has 0 unspecified atom stereocenters. The molecule has 0 aromatic carbocycles. The van der Waals surface area contributed by atoms with Crippen molar-refractivity contribution in [3.05, 3.63) is 24.3 Å². The maximum atomic E-state index is 11.9. The Labute approximate surface area is 122 Å². The van der Waals surface area contributed by atoms with Crippen LogP contribution >= 0.6 is 0 Å². The fourth-order valence-electron chi connectivity index (χ4n) is 2.37. The minimum absolute atomic E-state index is 0.284. The summed E-state index contributed by atoms with van der Waals surface area (Å²) in [4.78, 5) is 11.9. The Balaban J connectivity index is 1.58. The minimum Gasteiger partial charge on any atom is -0.381 e. The van der Waals surface area contributed by atoms with Crippen LogP contribution in [0.15, 0.2) is 18.6 Å². The molecule has 8 heteroatoms. The van der Waals surface area contributed by atoms with Crippen molar-refractivity contribution in [2.24, 2.45) is 13.0 Å². The molecule has 1 N–H and O–H groups in total. The number of anilines is 1. The van der Waals surface area contributed by atoms with Gasteiger partial charge in [0, 0.05) is 33.0 Å². The van der Waals surface area contributed by atoms with Crippen LogP contribution in [0.1, 0.15) is 23.3 Å². The molecule has 0 spiro atoms. The molecule has 21 heavy (non-hydrogen) atoms. The number of nitrogens with one attached hydrogen (secondary N) is 1. The minimum atomic E-state index is -0.284. The zero-order chi connectivity index (χ0) is 14.7. The quantitative estimate of drug-likeness (QED) is 0.895. The van der Waals surface area contributed by atoms with Gasteiger partial charge in [0.2, 0.25) is 0 Å². The van der Waals surface area contributed by atoms with Crippen LogP contribution in [0.25, 0.3) is 0 Å². The molecule has 8 nitrogen and oxygen atoms in total. The maximum absolute atomic E-state index is 11.9. The first-order valence-electron chi connectivity index (χ1n) is 6.98. The van der Waals surface area contributed by atoms with Gasteiger partial charge in [0.15, 0.2) is 5.69 Å². The van der Waals surface area contributed by atoms with E-state index in [0.717, 1.165) is 32.6 Å². The van der Waals surface area contributed by atoms with Gasteiger partial charge in [-0.25, -0.2) is 0 Å². The lowest BCUT2D eigenvalue weighted by Gasteiger charge is -2.21. The number of carbonyl (C=O) groups excluding carboxylic acids is 1. The second-order valence-electron chi connectivity index (χ2n) is 5.24. The van der Waals surface area contributed by atoms with Crippen molar-refractivity contribution >= 4 is 11.6 Å². The normalized spacial score (nSPS) is 16.0. The second kappa shape index (κ2) is 6.04. The Kier molecular flexibility index (Phi) is 3.96. The maximum Gasteiger partial charge on any atom is 0.277 e. The summed E-state index contributed by atoms with van der Waals surface area (Å²) < 4.78 is 8.70. The highest BCUT2D eigenvalue weighted by Gasteiger charge is 2.15. The van der Waals surface area contributed by atoms with Crippen molar-refractivity contribution in [3.8, 4) is 0 Å². The summed E-state index contributed by atoms with van der Waals surface area (Å²) in [5, 5.41) is 14.6. The molecular formula is C13H18N6O2. The highest BCUT2D eigenvalue weighted by molar-refractivity contribution is 6.02. The molecule has 112 valence electrons. The van der Waals surface area contributed by atoms with Crippen molar-refractivity contribution in [1.29, 1.82) is 0 Å². The Morgan fingerprint density at radius 2 is 2.24 bits per heavy atom.